The fourth-order valence-electron chi connectivity index (χ4n) is 3.60. The molecule has 0 bridgehead atoms. The number of halogens is 1. The molecule has 0 fully saturated rings. The number of rotatable bonds is 10. The van der Waals surface area contributed by atoms with Gasteiger partial charge in [0.2, 0.25) is 0 Å². The first-order chi connectivity index (χ1) is 17.8. The summed E-state index contributed by atoms with van der Waals surface area (Å²) in [6.45, 7) is 6.02. The summed E-state index contributed by atoms with van der Waals surface area (Å²) >= 11 is 0. The van der Waals surface area contributed by atoms with Gasteiger partial charge < -0.3 is 15.1 Å². The van der Waals surface area contributed by atoms with Crippen molar-refractivity contribution >= 4 is 35.5 Å². The number of anilines is 2. The Balaban J connectivity index is 1.78. The van der Waals surface area contributed by atoms with E-state index in [1.54, 1.807) is 6.08 Å². The molecular weight excluding hydrogens is 469 g/mol. The highest BCUT2D eigenvalue weighted by atomic mass is 19.1. The molecule has 2 amide bonds. The van der Waals surface area contributed by atoms with Crippen molar-refractivity contribution in [2.24, 2.45) is 5.10 Å². The second-order valence-corrected chi connectivity index (χ2v) is 8.47. The maximum atomic E-state index is 13.6. The summed E-state index contributed by atoms with van der Waals surface area (Å²) in [7, 11) is 3.86. The lowest BCUT2D eigenvalue weighted by atomic mass is 10.1. The second-order valence-electron chi connectivity index (χ2n) is 8.47. The molecule has 0 saturated carbocycles. The molecule has 0 spiro atoms. The highest BCUT2D eigenvalue weighted by molar-refractivity contribution is 6.05. The third-order valence-electron chi connectivity index (χ3n) is 5.70. The zero-order valence-electron chi connectivity index (χ0n) is 21.5. The number of hydrogen-bond acceptors (Lipinski definition) is 5. The highest BCUT2D eigenvalue weighted by Crippen LogP contribution is 2.16. The number of nitrogens with zero attached hydrogens (tertiary/aromatic N) is 3. The van der Waals surface area contributed by atoms with Gasteiger partial charge in [-0.05, 0) is 73.5 Å². The number of benzene rings is 3. The Labute approximate surface area is 217 Å². The molecule has 0 aliphatic rings. The van der Waals surface area contributed by atoms with Crippen LogP contribution in [-0.2, 0) is 4.79 Å². The van der Waals surface area contributed by atoms with Gasteiger partial charge in [0.1, 0.15) is 11.5 Å². The zero-order valence-corrected chi connectivity index (χ0v) is 21.5. The minimum Gasteiger partial charge on any atom is -0.378 e. The Kier molecular flexibility index (Phi) is 9.55. The molecule has 0 aliphatic heterocycles. The lowest BCUT2D eigenvalue weighted by Crippen LogP contribution is -2.32. The van der Waals surface area contributed by atoms with Crippen molar-refractivity contribution in [3.05, 3.63) is 101 Å². The first-order valence-electron chi connectivity index (χ1n) is 12.0. The average molecular weight is 502 g/mol. The largest absolute Gasteiger partial charge is 0.378 e. The molecule has 0 unspecified atom stereocenters. The molecule has 3 aromatic carbocycles. The summed E-state index contributed by atoms with van der Waals surface area (Å²) in [6.07, 6.45) is 3.07. The maximum absolute atomic E-state index is 13.6. The van der Waals surface area contributed by atoms with Crippen LogP contribution in [0.4, 0.5) is 15.8 Å². The molecule has 0 aliphatic carbocycles. The van der Waals surface area contributed by atoms with Crippen molar-refractivity contribution in [1.29, 1.82) is 0 Å². The average Bonchev–Trinajstić information content (AvgIpc) is 2.90. The third kappa shape index (κ3) is 7.76. The molecule has 0 saturated heterocycles. The summed E-state index contributed by atoms with van der Waals surface area (Å²) < 4.78 is 13.6. The molecule has 3 rings (SSSR count). The van der Waals surface area contributed by atoms with Crippen LogP contribution in [0.25, 0.3) is 6.08 Å². The summed E-state index contributed by atoms with van der Waals surface area (Å²) in [5, 5.41) is 6.63. The van der Waals surface area contributed by atoms with Gasteiger partial charge in [-0.15, -0.1) is 0 Å². The molecule has 8 heteroatoms. The van der Waals surface area contributed by atoms with Gasteiger partial charge in [0.15, 0.2) is 0 Å². The first kappa shape index (κ1) is 27.1. The van der Waals surface area contributed by atoms with E-state index in [4.69, 9.17) is 0 Å². The van der Waals surface area contributed by atoms with Gasteiger partial charge in [0, 0.05) is 44.1 Å². The van der Waals surface area contributed by atoms with E-state index < -0.39 is 17.6 Å². The van der Waals surface area contributed by atoms with Crippen molar-refractivity contribution in [3.8, 4) is 0 Å². The maximum Gasteiger partial charge on any atom is 0.287 e. The normalized spacial score (nSPS) is 11.3. The molecule has 0 heterocycles. The number of hydrogen-bond donors (Lipinski definition) is 2. The van der Waals surface area contributed by atoms with Crippen LogP contribution in [0.1, 0.15) is 35.3 Å². The molecular formula is C29H32FN5O2. The van der Waals surface area contributed by atoms with Gasteiger partial charge in [-0.25, -0.2) is 9.82 Å². The minimum atomic E-state index is -0.613. The van der Waals surface area contributed by atoms with Gasteiger partial charge in [0.25, 0.3) is 11.8 Å². The van der Waals surface area contributed by atoms with Gasteiger partial charge in [-0.3, -0.25) is 9.59 Å². The van der Waals surface area contributed by atoms with Crippen LogP contribution in [0.2, 0.25) is 0 Å². The summed E-state index contributed by atoms with van der Waals surface area (Å²) in [5.74, 6) is -1.77. The molecule has 3 aromatic rings. The van der Waals surface area contributed by atoms with E-state index in [2.05, 4.69) is 34.6 Å². The van der Waals surface area contributed by atoms with E-state index in [0.29, 0.717) is 5.56 Å². The van der Waals surface area contributed by atoms with Crippen LogP contribution < -0.4 is 20.5 Å². The van der Waals surface area contributed by atoms with E-state index in [1.807, 2.05) is 67.5 Å². The summed E-state index contributed by atoms with van der Waals surface area (Å²) in [6, 6.07) is 20.5. The number of hydrazone groups is 1. The fraction of sp³-hybridized carbons (Fsp3) is 0.207. The number of carbonyl (C=O) groups is 2. The Morgan fingerprint density at radius 3 is 2.11 bits per heavy atom. The SMILES string of the molecule is CCN(CC)c1ccc(/C=N\NC(=O)/C(=C/c2ccc(N(C)C)cc2)NC(=O)c2cccc(F)c2)cc1. The van der Waals surface area contributed by atoms with E-state index >= 15 is 0 Å². The van der Waals surface area contributed by atoms with Gasteiger partial charge in [-0.1, -0.05) is 30.3 Å². The van der Waals surface area contributed by atoms with Crippen LogP contribution in [0.3, 0.4) is 0 Å². The fourth-order valence-corrected chi connectivity index (χ4v) is 3.60. The topological polar surface area (TPSA) is 77.0 Å². The van der Waals surface area contributed by atoms with E-state index in [0.717, 1.165) is 36.1 Å². The molecule has 192 valence electrons. The predicted octanol–water partition coefficient (Wildman–Crippen LogP) is 4.66. The molecule has 0 atom stereocenters. The quantitative estimate of drug-likeness (QED) is 0.241. The Hall–Kier alpha value is -4.46. The first-order valence-corrected chi connectivity index (χ1v) is 12.0. The smallest absolute Gasteiger partial charge is 0.287 e. The standard InChI is InChI=1S/C29H32FN5O2/c1-5-35(6-2)26-16-12-22(13-17-26)20-31-33-29(37)27(18-21-10-14-25(15-11-21)34(3)4)32-28(36)23-8-7-9-24(30)19-23/h7-20H,5-6H2,1-4H3,(H,32,36)(H,33,37)/b27-18-,31-20-. The Morgan fingerprint density at radius 1 is 0.892 bits per heavy atom. The van der Waals surface area contributed by atoms with Gasteiger partial charge in [0.05, 0.1) is 6.21 Å². The van der Waals surface area contributed by atoms with Gasteiger partial charge in [-0.2, -0.15) is 5.10 Å². The summed E-state index contributed by atoms with van der Waals surface area (Å²) in [4.78, 5) is 29.9. The van der Waals surface area contributed by atoms with Crippen molar-refractivity contribution in [2.75, 3.05) is 37.0 Å². The van der Waals surface area contributed by atoms with Crippen LogP contribution in [0.5, 0.6) is 0 Å². The molecule has 2 N–H and O–H groups in total. The minimum absolute atomic E-state index is 0.0269. The molecule has 0 radical (unpaired) electrons. The molecule has 0 aromatic heterocycles. The van der Waals surface area contributed by atoms with E-state index in [-0.39, 0.29) is 11.3 Å². The summed E-state index contributed by atoms with van der Waals surface area (Å²) in [5.41, 5.74) is 6.14. The lowest BCUT2D eigenvalue weighted by Gasteiger charge is -2.20. The number of nitrogens with one attached hydrogen (secondary N) is 2. The van der Waals surface area contributed by atoms with Crippen LogP contribution in [-0.4, -0.2) is 45.2 Å². The van der Waals surface area contributed by atoms with Crippen molar-refractivity contribution in [2.45, 2.75) is 13.8 Å². The van der Waals surface area contributed by atoms with Crippen LogP contribution in [0, 0.1) is 5.82 Å². The van der Waals surface area contributed by atoms with E-state index in [9.17, 15) is 14.0 Å². The number of amides is 2. The Morgan fingerprint density at radius 2 is 1.51 bits per heavy atom. The van der Waals surface area contributed by atoms with Gasteiger partial charge >= 0.3 is 0 Å². The Bertz CT molecular complexity index is 1260. The number of carbonyl (C=O) groups excluding carboxylic acids is 2. The van der Waals surface area contributed by atoms with Crippen molar-refractivity contribution < 1.29 is 14.0 Å². The molecule has 37 heavy (non-hydrogen) atoms. The molecule has 7 nitrogen and oxygen atoms in total. The monoisotopic (exact) mass is 501 g/mol. The van der Waals surface area contributed by atoms with E-state index in [1.165, 1.54) is 24.4 Å². The second kappa shape index (κ2) is 13.0. The lowest BCUT2D eigenvalue weighted by molar-refractivity contribution is -0.117. The van der Waals surface area contributed by atoms with Crippen molar-refractivity contribution in [3.63, 3.8) is 0 Å². The third-order valence-corrected chi connectivity index (χ3v) is 5.70. The predicted molar refractivity (Wildman–Crippen MR) is 148 cm³/mol. The van der Waals surface area contributed by atoms with Crippen LogP contribution in [0.15, 0.2) is 83.6 Å². The zero-order chi connectivity index (χ0) is 26.8. The van der Waals surface area contributed by atoms with Crippen molar-refractivity contribution in [1.82, 2.24) is 10.7 Å². The van der Waals surface area contributed by atoms with Crippen LogP contribution >= 0.6 is 0 Å². The highest BCUT2D eigenvalue weighted by Gasteiger charge is 2.15.